The molecule has 15 heavy (non-hydrogen) atoms. The van der Waals surface area contributed by atoms with Crippen molar-refractivity contribution in [2.45, 2.75) is 50.5 Å². The van der Waals surface area contributed by atoms with Gasteiger partial charge in [0.25, 0.3) is 0 Å². The second-order valence-corrected chi connectivity index (χ2v) is 5.16. The van der Waals surface area contributed by atoms with E-state index in [9.17, 15) is 5.11 Å². The lowest BCUT2D eigenvalue weighted by Crippen LogP contribution is -2.14. The van der Waals surface area contributed by atoms with Gasteiger partial charge in [0.05, 0.1) is 5.60 Å². The van der Waals surface area contributed by atoms with Gasteiger partial charge in [-0.15, -0.1) is 0 Å². The maximum absolute atomic E-state index is 9.98. The first-order chi connectivity index (χ1) is 7.27. The van der Waals surface area contributed by atoms with Gasteiger partial charge in [-0.3, -0.25) is 0 Å². The van der Waals surface area contributed by atoms with E-state index in [0.29, 0.717) is 0 Å². The van der Waals surface area contributed by atoms with Gasteiger partial charge in [-0.05, 0) is 55.2 Å². The first kappa shape index (κ1) is 9.41. The standard InChI is InChI=1S/C14H18O/c15-14(8-9-14)10-12-6-3-5-11-4-1-2-7-13(11)12/h3,5-6,15H,1-2,4,7-10H2. The summed E-state index contributed by atoms with van der Waals surface area (Å²) in [5, 5.41) is 9.98. The summed E-state index contributed by atoms with van der Waals surface area (Å²) < 4.78 is 0. The molecule has 0 unspecified atom stereocenters. The Morgan fingerprint density at radius 1 is 1.13 bits per heavy atom. The van der Waals surface area contributed by atoms with E-state index in [-0.39, 0.29) is 5.60 Å². The summed E-state index contributed by atoms with van der Waals surface area (Å²) in [4.78, 5) is 0. The molecule has 0 amide bonds. The fraction of sp³-hybridized carbons (Fsp3) is 0.571. The normalized spacial score (nSPS) is 22.2. The number of hydrogen-bond acceptors (Lipinski definition) is 1. The zero-order valence-electron chi connectivity index (χ0n) is 9.13. The van der Waals surface area contributed by atoms with Gasteiger partial charge in [0.1, 0.15) is 0 Å². The predicted octanol–water partition coefficient (Wildman–Crippen LogP) is 2.63. The molecule has 0 aromatic heterocycles. The SMILES string of the molecule is OC1(Cc2cccc3c2CCCC3)CC1. The Bertz CT molecular complexity index is 377. The van der Waals surface area contributed by atoms with Crippen LogP contribution in [-0.2, 0) is 19.3 Å². The number of fused-ring (bicyclic) bond motifs is 1. The van der Waals surface area contributed by atoms with Gasteiger partial charge < -0.3 is 5.11 Å². The summed E-state index contributed by atoms with van der Waals surface area (Å²) in [6.07, 6.45) is 8.00. The van der Waals surface area contributed by atoms with Crippen LogP contribution in [0.3, 0.4) is 0 Å². The van der Waals surface area contributed by atoms with Crippen LogP contribution < -0.4 is 0 Å². The minimum Gasteiger partial charge on any atom is -0.390 e. The third kappa shape index (κ3) is 1.81. The summed E-state index contributed by atoms with van der Waals surface area (Å²) in [5.41, 5.74) is 4.14. The molecule has 1 aromatic carbocycles. The maximum Gasteiger partial charge on any atom is 0.0690 e. The van der Waals surface area contributed by atoms with E-state index in [1.54, 1.807) is 5.56 Å². The third-order valence-electron chi connectivity index (χ3n) is 3.84. The van der Waals surface area contributed by atoms with Crippen molar-refractivity contribution < 1.29 is 5.11 Å². The van der Waals surface area contributed by atoms with Crippen LogP contribution in [-0.4, -0.2) is 10.7 Å². The molecule has 0 radical (unpaired) electrons. The molecular formula is C14H18O. The third-order valence-corrected chi connectivity index (χ3v) is 3.84. The summed E-state index contributed by atoms with van der Waals surface area (Å²) in [5.74, 6) is 0. The molecule has 1 heteroatoms. The highest BCUT2D eigenvalue weighted by Gasteiger charge is 2.40. The molecule has 3 rings (SSSR count). The van der Waals surface area contributed by atoms with Crippen LogP contribution in [0.1, 0.15) is 42.4 Å². The highest BCUT2D eigenvalue weighted by atomic mass is 16.3. The fourth-order valence-corrected chi connectivity index (χ4v) is 2.70. The van der Waals surface area contributed by atoms with E-state index in [1.165, 1.54) is 36.8 Å². The van der Waals surface area contributed by atoms with Crippen molar-refractivity contribution in [2.75, 3.05) is 0 Å². The molecule has 1 nitrogen and oxygen atoms in total. The smallest absolute Gasteiger partial charge is 0.0690 e. The van der Waals surface area contributed by atoms with Crippen molar-refractivity contribution >= 4 is 0 Å². The lowest BCUT2D eigenvalue weighted by molar-refractivity contribution is 0.150. The average molecular weight is 202 g/mol. The summed E-state index contributed by atoms with van der Waals surface area (Å²) >= 11 is 0. The van der Waals surface area contributed by atoms with Crippen molar-refractivity contribution in [3.05, 3.63) is 34.9 Å². The van der Waals surface area contributed by atoms with Crippen LogP contribution in [0.2, 0.25) is 0 Å². The lowest BCUT2D eigenvalue weighted by Gasteiger charge is -2.20. The molecule has 0 saturated heterocycles. The largest absolute Gasteiger partial charge is 0.390 e. The Morgan fingerprint density at radius 2 is 1.93 bits per heavy atom. The van der Waals surface area contributed by atoms with Crippen LogP contribution in [0, 0.1) is 0 Å². The number of aryl methyl sites for hydroxylation is 1. The minimum atomic E-state index is -0.341. The van der Waals surface area contributed by atoms with E-state index in [4.69, 9.17) is 0 Å². The van der Waals surface area contributed by atoms with Crippen LogP contribution in [0.4, 0.5) is 0 Å². The van der Waals surface area contributed by atoms with Gasteiger partial charge in [0.15, 0.2) is 0 Å². The lowest BCUT2D eigenvalue weighted by atomic mass is 9.86. The van der Waals surface area contributed by atoms with E-state index in [0.717, 1.165) is 19.3 Å². The molecule has 0 atom stereocenters. The molecule has 80 valence electrons. The van der Waals surface area contributed by atoms with Crippen molar-refractivity contribution in [1.82, 2.24) is 0 Å². The molecular weight excluding hydrogens is 184 g/mol. The quantitative estimate of drug-likeness (QED) is 0.781. The highest BCUT2D eigenvalue weighted by molar-refractivity contribution is 5.38. The van der Waals surface area contributed by atoms with Gasteiger partial charge >= 0.3 is 0 Å². The average Bonchev–Trinajstić information content (AvgIpc) is 2.97. The number of rotatable bonds is 2. The molecule has 1 aromatic rings. The van der Waals surface area contributed by atoms with Gasteiger partial charge in [-0.2, -0.15) is 0 Å². The van der Waals surface area contributed by atoms with Crippen LogP contribution in [0.5, 0.6) is 0 Å². The van der Waals surface area contributed by atoms with Crippen molar-refractivity contribution in [1.29, 1.82) is 0 Å². The van der Waals surface area contributed by atoms with Crippen LogP contribution >= 0.6 is 0 Å². The van der Waals surface area contributed by atoms with Crippen molar-refractivity contribution in [3.8, 4) is 0 Å². The van der Waals surface area contributed by atoms with Gasteiger partial charge in [-0.25, -0.2) is 0 Å². The molecule has 1 fully saturated rings. The Balaban J connectivity index is 1.92. The molecule has 2 aliphatic carbocycles. The fourth-order valence-electron chi connectivity index (χ4n) is 2.70. The molecule has 0 aliphatic heterocycles. The number of hydrogen-bond donors (Lipinski definition) is 1. The Hall–Kier alpha value is -0.820. The zero-order chi connectivity index (χ0) is 10.3. The van der Waals surface area contributed by atoms with E-state index < -0.39 is 0 Å². The highest BCUT2D eigenvalue weighted by Crippen LogP contribution is 2.39. The van der Waals surface area contributed by atoms with Gasteiger partial charge in [-0.1, -0.05) is 18.2 Å². The summed E-state index contributed by atoms with van der Waals surface area (Å²) in [7, 11) is 0. The van der Waals surface area contributed by atoms with E-state index in [2.05, 4.69) is 18.2 Å². The first-order valence-electron chi connectivity index (χ1n) is 6.09. The monoisotopic (exact) mass is 202 g/mol. The van der Waals surface area contributed by atoms with E-state index >= 15 is 0 Å². The van der Waals surface area contributed by atoms with Crippen molar-refractivity contribution in [3.63, 3.8) is 0 Å². The summed E-state index contributed by atoms with van der Waals surface area (Å²) in [6.45, 7) is 0. The molecule has 0 bridgehead atoms. The maximum atomic E-state index is 9.98. The van der Waals surface area contributed by atoms with Gasteiger partial charge in [0.2, 0.25) is 0 Å². The van der Waals surface area contributed by atoms with Crippen LogP contribution in [0.25, 0.3) is 0 Å². The molecule has 2 aliphatic rings. The second kappa shape index (κ2) is 3.34. The Labute approximate surface area is 91.1 Å². The predicted molar refractivity (Wildman–Crippen MR) is 61.0 cm³/mol. The number of benzene rings is 1. The zero-order valence-corrected chi connectivity index (χ0v) is 9.13. The van der Waals surface area contributed by atoms with Crippen LogP contribution in [0.15, 0.2) is 18.2 Å². The second-order valence-electron chi connectivity index (χ2n) is 5.16. The Morgan fingerprint density at radius 3 is 2.73 bits per heavy atom. The molecule has 0 spiro atoms. The number of aliphatic hydroxyl groups is 1. The van der Waals surface area contributed by atoms with Crippen molar-refractivity contribution in [2.24, 2.45) is 0 Å². The van der Waals surface area contributed by atoms with Gasteiger partial charge in [0, 0.05) is 6.42 Å². The first-order valence-corrected chi connectivity index (χ1v) is 6.09. The molecule has 1 N–H and O–H groups in total. The topological polar surface area (TPSA) is 20.2 Å². The molecule has 0 heterocycles. The van der Waals surface area contributed by atoms with E-state index in [1.807, 2.05) is 0 Å². The summed E-state index contributed by atoms with van der Waals surface area (Å²) in [6, 6.07) is 6.63. The Kier molecular flexibility index (Phi) is 2.10. The molecule has 1 saturated carbocycles. The minimum absolute atomic E-state index is 0.341.